The summed E-state index contributed by atoms with van der Waals surface area (Å²) in [6.07, 6.45) is 3.05. The number of aromatic nitrogens is 1. The van der Waals surface area contributed by atoms with Gasteiger partial charge >= 0.3 is 0 Å². The van der Waals surface area contributed by atoms with E-state index in [-0.39, 0.29) is 16.9 Å². The van der Waals surface area contributed by atoms with Gasteiger partial charge in [-0.2, -0.15) is 0 Å². The predicted octanol–water partition coefficient (Wildman–Crippen LogP) is 4.90. The molecule has 2 aromatic carbocycles. The second kappa shape index (κ2) is 8.80. The minimum atomic E-state index is -0.935. The number of hydrogen-bond acceptors (Lipinski definition) is 5. The van der Waals surface area contributed by atoms with Crippen LogP contribution in [0.3, 0.4) is 0 Å². The van der Waals surface area contributed by atoms with Crippen LogP contribution in [0.25, 0.3) is 5.76 Å². The number of halogens is 2. The van der Waals surface area contributed by atoms with Crippen molar-refractivity contribution >= 4 is 34.7 Å². The molecule has 2 heterocycles. The van der Waals surface area contributed by atoms with E-state index in [9.17, 15) is 19.1 Å². The van der Waals surface area contributed by atoms with Crippen LogP contribution in [0.1, 0.15) is 24.1 Å². The van der Waals surface area contributed by atoms with E-state index in [0.717, 1.165) is 0 Å². The van der Waals surface area contributed by atoms with Crippen LogP contribution in [0, 0.1) is 5.82 Å². The number of aliphatic hydroxyl groups is 1. The van der Waals surface area contributed by atoms with E-state index in [1.165, 1.54) is 53.7 Å². The van der Waals surface area contributed by atoms with Crippen molar-refractivity contribution in [2.75, 3.05) is 11.5 Å². The van der Waals surface area contributed by atoms with Gasteiger partial charge in [-0.1, -0.05) is 11.6 Å². The molecule has 1 aliphatic rings. The van der Waals surface area contributed by atoms with Crippen molar-refractivity contribution in [3.63, 3.8) is 0 Å². The lowest BCUT2D eigenvalue weighted by Gasteiger charge is -2.25. The van der Waals surface area contributed by atoms with Gasteiger partial charge in [-0.05, 0) is 67.1 Å². The normalized spacial score (nSPS) is 17.6. The highest BCUT2D eigenvalue weighted by molar-refractivity contribution is 6.51. The zero-order valence-corrected chi connectivity index (χ0v) is 17.7. The smallest absolute Gasteiger partial charge is 0.300 e. The minimum absolute atomic E-state index is 0.102. The Morgan fingerprint density at radius 3 is 2.47 bits per heavy atom. The van der Waals surface area contributed by atoms with Crippen molar-refractivity contribution < 1.29 is 23.8 Å². The third-order valence-corrected chi connectivity index (χ3v) is 5.39. The maximum atomic E-state index is 13.5. The quantitative estimate of drug-likeness (QED) is 0.338. The van der Waals surface area contributed by atoms with Gasteiger partial charge in [0.2, 0.25) is 0 Å². The van der Waals surface area contributed by atoms with Crippen LogP contribution in [-0.2, 0) is 9.59 Å². The molecule has 162 valence electrons. The number of Topliss-reactive ketones (excluding diaryl/α,β-unsaturated/α-hetero) is 1. The fourth-order valence-corrected chi connectivity index (χ4v) is 3.81. The molecule has 3 aromatic rings. The van der Waals surface area contributed by atoms with Gasteiger partial charge in [0.05, 0.1) is 23.2 Å². The lowest BCUT2D eigenvalue weighted by molar-refractivity contribution is -0.132. The maximum absolute atomic E-state index is 13.5. The van der Waals surface area contributed by atoms with Crippen molar-refractivity contribution in [1.29, 1.82) is 0 Å². The molecule has 1 amide bonds. The van der Waals surface area contributed by atoms with Crippen LogP contribution in [0.4, 0.5) is 10.1 Å². The van der Waals surface area contributed by atoms with Crippen LogP contribution in [0.15, 0.2) is 72.6 Å². The number of hydrogen-bond donors (Lipinski definition) is 1. The largest absolute Gasteiger partial charge is 0.507 e. The first kappa shape index (κ1) is 21.5. The first-order valence-electron chi connectivity index (χ1n) is 9.81. The summed E-state index contributed by atoms with van der Waals surface area (Å²) in [6, 6.07) is 12.2. The highest BCUT2D eigenvalue weighted by atomic mass is 35.5. The Morgan fingerprint density at radius 2 is 1.81 bits per heavy atom. The van der Waals surface area contributed by atoms with Gasteiger partial charge in [0.1, 0.15) is 17.3 Å². The summed E-state index contributed by atoms with van der Waals surface area (Å²) in [5.74, 6) is -2.20. The molecule has 1 fully saturated rings. The summed E-state index contributed by atoms with van der Waals surface area (Å²) in [5.41, 5.74) is 1.05. The molecule has 0 radical (unpaired) electrons. The van der Waals surface area contributed by atoms with Gasteiger partial charge in [-0.3, -0.25) is 19.5 Å². The van der Waals surface area contributed by atoms with E-state index in [1.807, 2.05) is 0 Å². The number of anilines is 1. The highest BCUT2D eigenvalue weighted by Crippen LogP contribution is 2.42. The Balaban J connectivity index is 1.91. The number of benzene rings is 2. The van der Waals surface area contributed by atoms with E-state index in [0.29, 0.717) is 28.6 Å². The predicted molar refractivity (Wildman–Crippen MR) is 118 cm³/mol. The minimum Gasteiger partial charge on any atom is -0.507 e. The average Bonchev–Trinajstić information content (AvgIpc) is 3.07. The standard InChI is InChI=1S/C24H18ClFN2O4/c1-2-32-19-13-15(3-8-18(19)25)22(29)20-21(14-9-11-27-12-10-14)28(24(31)23(20)30)17-6-4-16(26)5-7-17/h3-13,21,29H,2H2,1H3/b22-20-. The van der Waals surface area contributed by atoms with Crippen molar-refractivity contribution in [3.8, 4) is 5.75 Å². The molecule has 0 saturated carbocycles. The van der Waals surface area contributed by atoms with Crippen LogP contribution >= 0.6 is 11.6 Å². The highest BCUT2D eigenvalue weighted by Gasteiger charge is 2.47. The molecule has 0 aliphatic carbocycles. The fraction of sp³-hybridized carbons (Fsp3) is 0.125. The zero-order valence-electron chi connectivity index (χ0n) is 17.0. The number of rotatable bonds is 5. The monoisotopic (exact) mass is 452 g/mol. The Hall–Kier alpha value is -3.71. The Morgan fingerprint density at radius 1 is 1.12 bits per heavy atom. The number of amides is 1. The summed E-state index contributed by atoms with van der Waals surface area (Å²) >= 11 is 6.14. The summed E-state index contributed by atoms with van der Waals surface area (Å²) in [5, 5.41) is 11.5. The molecule has 1 unspecified atom stereocenters. The number of aliphatic hydroxyl groups excluding tert-OH is 1. The zero-order chi connectivity index (χ0) is 22.8. The Labute approximate surface area is 188 Å². The van der Waals surface area contributed by atoms with Crippen molar-refractivity contribution in [1.82, 2.24) is 4.98 Å². The van der Waals surface area contributed by atoms with Gasteiger partial charge in [-0.15, -0.1) is 0 Å². The molecule has 1 saturated heterocycles. The first-order chi connectivity index (χ1) is 15.4. The van der Waals surface area contributed by atoms with E-state index in [4.69, 9.17) is 16.3 Å². The molecular formula is C24H18ClFN2O4. The Bertz CT molecular complexity index is 1210. The van der Waals surface area contributed by atoms with E-state index in [1.54, 1.807) is 25.1 Å². The van der Waals surface area contributed by atoms with Crippen molar-refractivity contribution in [2.24, 2.45) is 0 Å². The molecule has 1 atom stereocenters. The molecule has 0 bridgehead atoms. The average molecular weight is 453 g/mol. The molecule has 1 N–H and O–H groups in total. The second-order valence-corrected chi connectivity index (χ2v) is 7.41. The maximum Gasteiger partial charge on any atom is 0.300 e. The SMILES string of the molecule is CCOc1cc(/C(O)=C2/C(=O)C(=O)N(c3ccc(F)cc3)C2c2ccncc2)ccc1Cl. The number of carbonyl (C=O) groups is 2. The lowest BCUT2D eigenvalue weighted by Crippen LogP contribution is -2.29. The third kappa shape index (κ3) is 3.83. The van der Waals surface area contributed by atoms with Crippen LogP contribution in [0.2, 0.25) is 5.02 Å². The van der Waals surface area contributed by atoms with E-state index < -0.39 is 23.5 Å². The summed E-state index contributed by atoms with van der Waals surface area (Å²) in [4.78, 5) is 31.3. The summed E-state index contributed by atoms with van der Waals surface area (Å²) in [7, 11) is 0. The molecule has 4 rings (SSSR count). The topological polar surface area (TPSA) is 79.7 Å². The third-order valence-electron chi connectivity index (χ3n) is 5.08. The number of ether oxygens (including phenoxy) is 1. The molecule has 1 aromatic heterocycles. The first-order valence-corrected chi connectivity index (χ1v) is 10.2. The number of ketones is 1. The fourth-order valence-electron chi connectivity index (χ4n) is 3.63. The van der Waals surface area contributed by atoms with Gasteiger partial charge in [0.15, 0.2) is 0 Å². The number of nitrogens with zero attached hydrogens (tertiary/aromatic N) is 2. The summed E-state index contributed by atoms with van der Waals surface area (Å²) in [6.45, 7) is 2.15. The Kier molecular flexibility index (Phi) is 5.92. The van der Waals surface area contributed by atoms with Gasteiger partial charge in [0.25, 0.3) is 11.7 Å². The molecule has 6 nitrogen and oxygen atoms in total. The molecule has 1 aliphatic heterocycles. The van der Waals surface area contributed by atoms with E-state index in [2.05, 4.69) is 4.98 Å². The molecule has 8 heteroatoms. The summed E-state index contributed by atoms with van der Waals surface area (Å²) < 4.78 is 19.0. The van der Waals surface area contributed by atoms with Gasteiger partial charge < -0.3 is 9.84 Å². The number of pyridine rings is 1. The van der Waals surface area contributed by atoms with Crippen molar-refractivity contribution in [2.45, 2.75) is 13.0 Å². The second-order valence-electron chi connectivity index (χ2n) is 7.00. The van der Waals surface area contributed by atoms with Crippen LogP contribution in [0.5, 0.6) is 5.75 Å². The number of carbonyl (C=O) groups excluding carboxylic acids is 2. The van der Waals surface area contributed by atoms with Crippen LogP contribution in [-0.4, -0.2) is 28.4 Å². The van der Waals surface area contributed by atoms with E-state index >= 15 is 0 Å². The molecule has 32 heavy (non-hydrogen) atoms. The lowest BCUT2D eigenvalue weighted by atomic mass is 9.95. The van der Waals surface area contributed by atoms with Gasteiger partial charge in [0, 0.05) is 23.6 Å². The van der Waals surface area contributed by atoms with Crippen molar-refractivity contribution in [3.05, 3.63) is 94.5 Å². The molecule has 0 spiro atoms. The van der Waals surface area contributed by atoms with Gasteiger partial charge in [-0.25, -0.2) is 4.39 Å². The van der Waals surface area contributed by atoms with Crippen LogP contribution < -0.4 is 9.64 Å². The molecular weight excluding hydrogens is 435 g/mol.